The smallest absolute Gasteiger partial charge is 0.252 e. The number of anilines is 1. The van der Waals surface area contributed by atoms with Crippen LogP contribution in [0, 0.1) is 5.82 Å². The highest BCUT2D eigenvalue weighted by Crippen LogP contribution is 2.22. The van der Waals surface area contributed by atoms with Gasteiger partial charge in [0.05, 0.1) is 23.9 Å². The Kier molecular flexibility index (Phi) is 4.89. The van der Waals surface area contributed by atoms with Crippen molar-refractivity contribution in [3.05, 3.63) is 28.0 Å². The Morgan fingerprint density at radius 1 is 1.65 bits per heavy atom. The maximum Gasteiger partial charge on any atom is 0.252 e. The van der Waals surface area contributed by atoms with E-state index in [1.165, 1.54) is 6.07 Å². The number of aliphatic hydroxyl groups is 1. The van der Waals surface area contributed by atoms with Crippen molar-refractivity contribution in [3.63, 3.8) is 0 Å². The summed E-state index contributed by atoms with van der Waals surface area (Å²) < 4.78 is 13.4. The molecule has 1 aromatic carbocycles. The topological polar surface area (TPSA) is 75.3 Å². The summed E-state index contributed by atoms with van der Waals surface area (Å²) >= 11 is 3.10. The van der Waals surface area contributed by atoms with Crippen LogP contribution in [0.2, 0.25) is 0 Å². The largest absolute Gasteiger partial charge is 0.396 e. The second kappa shape index (κ2) is 5.97. The van der Waals surface area contributed by atoms with Gasteiger partial charge in [-0.2, -0.15) is 0 Å². The molecule has 0 heterocycles. The summed E-state index contributed by atoms with van der Waals surface area (Å²) in [5, 5.41) is 11.6. The van der Waals surface area contributed by atoms with Crippen LogP contribution < -0.4 is 11.1 Å². The third-order valence-electron chi connectivity index (χ3n) is 2.38. The Morgan fingerprint density at radius 3 is 2.82 bits per heavy atom. The van der Waals surface area contributed by atoms with Crippen molar-refractivity contribution in [2.75, 3.05) is 12.3 Å². The molecule has 0 fully saturated rings. The predicted octanol–water partition coefficient (Wildman–Crippen LogP) is 1.67. The van der Waals surface area contributed by atoms with Crippen LogP contribution in [0.1, 0.15) is 23.7 Å². The maximum absolute atomic E-state index is 13.1. The molecule has 6 heteroatoms. The third-order valence-corrected chi connectivity index (χ3v) is 3.04. The van der Waals surface area contributed by atoms with Crippen LogP contribution in [0.5, 0.6) is 0 Å². The number of carbonyl (C=O) groups excluding carboxylic acids is 1. The number of nitrogen functional groups attached to an aromatic ring is 1. The van der Waals surface area contributed by atoms with E-state index in [9.17, 15) is 9.18 Å². The third kappa shape index (κ3) is 3.41. The quantitative estimate of drug-likeness (QED) is 0.741. The number of nitrogens with two attached hydrogens (primary N) is 1. The molecule has 0 aromatic heterocycles. The van der Waals surface area contributed by atoms with Crippen molar-refractivity contribution in [2.24, 2.45) is 0 Å². The highest BCUT2D eigenvalue weighted by molar-refractivity contribution is 9.10. The number of benzene rings is 1. The van der Waals surface area contributed by atoms with Crippen molar-refractivity contribution in [3.8, 4) is 0 Å². The first kappa shape index (κ1) is 13.9. The number of aliphatic hydroxyl groups excluding tert-OH is 1. The minimum absolute atomic E-state index is 0.0876. The van der Waals surface area contributed by atoms with Gasteiger partial charge < -0.3 is 16.2 Å². The van der Waals surface area contributed by atoms with Gasteiger partial charge in [-0.05, 0) is 34.5 Å². The van der Waals surface area contributed by atoms with Gasteiger partial charge in [0.2, 0.25) is 0 Å². The number of rotatable bonds is 4. The molecule has 0 saturated heterocycles. The van der Waals surface area contributed by atoms with Gasteiger partial charge >= 0.3 is 0 Å². The van der Waals surface area contributed by atoms with Gasteiger partial charge in [0.1, 0.15) is 5.82 Å². The molecule has 1 aromatic rings. The van der Waals surface area contributed by atoms with Crippen LogP contribution in [0.25, 0.3) is 0 Å². The van der Waals surface area contributed by atoms with Crippen molar-refractivity contribution in [2.45, 2.75) is 19.4 Å². The molecule has 1 atom stereocenters. The number of hydrogen-bond donors (Lipinski definition) is 3. The summed E-state index contributed by atoms with van der Waals surface area (Å²) in [4.78, 5) is 11.8. The van der Waals surface area contributed by atoms with E-state index in [-0.39, 0.29) is 23.9 Å². The van der Waals surface area contributed by atoms with Crippen LogP contribution in [0.3, 0.4) is 0 Å². The molecule has 0 unspecified atom stereocenters. The summed E-state index contributed by atoms with van der Waals surface area (Å²) in [5.41, 5.74) is 5.56. The van der Waals surface area contributed by atoms with E-state index < -0.39 is 11.7 Å². The zero-order chi connectivity index (χ0) is 13.0. The number of halogens is 2. The van der Waals surface area contributed by atoms with Gasteiger partial charge in [0.15, 0.2) is 0 Å². The van der Waals surface area contributed by atoms with Gasteiger partial charge in [-0.15, -0.1) is 0 Å². The van der Waals surface area contributed by atoms with E-state index in [0.717, 1.165) is 6.07 Å². The van der Waals surface area contributed by atoms with Crippen molar-refractivity contribution >= 4 is 27.5 Å². The van der Waals surface area contributed by atoms with Gasteiger partial charge in [0, 0.05) is 4.47 Å². The Morgan fingerprint density at radius 2 is 2.29 bits per heavy atom. The van der Waals surface area contributed by atoms with Gasteiger partial charge in [-0.25, -0.2) is 4.39 Å². The molecule has 0 saturated carbocycles. The molecule has 0 bridgehead atoms. The Bertz CT molecular complexity index is 422. The summed E-state index contributed by atoms with van der Waals surface area (Å²) in [7, 11) is 0. The fraction of sp³-hybridized carbons (Fsp3) is 0.364. The molecule has 0 aliphatic heterocycles. The average Bonchev–Trinajstić information content (AvgIpc) is 2.30. The average molecular weight is 305 g/mol. The van der Waals surface area contributed by atoms with E-state index in [1.807, 2.05) is 6.92 Å². The fourth-order valence-electron chi connectivity index (χ4n) is 1.28. The molecule has 0 radical (unpaired) electrons. The molecular weight excluding hydrogens is 291 g/mol. The molecular formula is C11H14BrFN2O2. The van der Waals surface area contributed by atoms with Gasteiger partial charge in [0.25, 0.3) is 5.91 Å². The Hall–Kier alpha value is -1.14. The summed E-state index contributed by atoms with van der Waals surface area (Å²) in [6.07, 6.45) is 0.608. The molecule has 1 amide bonds. The van der Waals surface area contributed by atoms with Crippen LogP contribution in [-0.4, -0.2) is 23.7 Å². The summed E-state index contributed by atoms with van der Waals surface area (Å²) in [5.74, 6) is -0.980. The van der Waals surface area contributed by atoms with E-state index in [2.05, 4.69) is 21.2 Å². The number of amides is 1. The highest BCUT2D eigenvalue weighted by Gasteiger charge is 2.16. The first-order valence-corrected chi connectivity index (χ1v) is 5.95. The minimum atomic E-state index is -0.581. The molecule has 4 N–H and O–H groups in total. The lowest BCUT2D eigenvalue weighted by molar-refractivity contribution is 0.0914. The molecule has 17 heavy (non-hydrogen) atoms. The highest BCUT2D eigenvalue weighted by atomic mass is 79.9. The fourth-order valence-corrected chi connectivity index (χ4v) is 1.78. The van der Waals surface area contributed by atoms with Crippen molar-refractivity contribution in [1.82, 2.24) is 5.32 Å². The van der Waals surface area contributed by atoms with E-state index >= 15 is 0 Å². The van der Waals surface area contributed by atoms with Crippen LogP contribution in [0.15, 0.2) is 16.6 Å². The normalized spacial score (nSPS) is 12.2. The van der Waals surface area contributed by atoms with Crippen LogP contribution >= 0.6 is 15.9 Å². The molecule has 94 valence electrons. The van der Waals surface area contributed by atoms with E-state index in [4.69, 9.17) is 10.8 Å². The van der Waals surface area contributed by atoms with E-state index in [0.29, 0.717) is 10.9 Å². The zero-order valence-corrected chi connectivity index (χ0v) is 10.9. The minimum Gasteiger partial charge on any atom is -0.396 e. The Balaban J connectivity index is 2.93. The van der Waals surface area contributed by atoms with Gasteiger partial charge in [-0.1, -0.05) is 6.92 Å². The molecule has 0 aliphatic rings. The number of carbonyl (C=O) groups is 1. The number of hydrogen-bond acceptors (Lipinski definition) is 3. The van der Waals surface area contributed by atoms with E-state index in [1.54, 1.807) is 0 Å². The molecule has 4 nitrogen and oxygen atoms in total. The first-order chi connectivity index (χ1) is 7.99. The lowest BCUT2D eigenvalue weighted by Crippen LogP contribution is -2.37. The van der Waals surface area contributed by atoms with Crippen LogP contribution in [-0.2, 0) is 0 Å². The number of nitrogens with one attached hydrogen (secondary N) is 1. The monoisotopic (exact) mass is 304 g/mol. The second-order valence-corrected chi connectivity index (χ2v) is 4.47. The molecule has 1 rings (SSSR count). The predicted molar refractivity (Wildman–Crippen MR) is 67.1 cm³/mol. The van der Waals surface area contributed by atoms with Gasteiger partial charge in [-0.3, -0.25) is 4.79 Å². The summed E-state index contributed by atoms with van der Waals surface area (Å²) in [6, 6.07) is 2.09. The molecule has 0 spiro atoms. The van der Waals surface area contributed by atoms with Crippen LogP contribution in [0.4, 0.5) is 10.1 Å². The SMILES string of the molecule is CC[C@@H](CO)NC(=O)c1cc(N)c(F)cc1Br. The zero-order valence-electron chi connectivity index (χ0n) is 9.34. The van der Waals surface area contributed by atoms with Crippen molar-refractivity contribution in [1.29, 1.82) is 0 Å². The maximum atomic E-state index is 13.1. The molecule has 0 aliphatic carbocycles. The first-order valence-electron chi connectivity index (χ1n) is 5.15. The second-order valence-electron chi connectivity index (χ2n) is 3.61. The standard InChI is InChI=1S/C11H14BrFN2O2/c1-2-6(5-16)15-11(17)7-3-10(14)9(13)4-8(7)12/h3-4,6,16H,2,5,14H2,1H3,(H,15,17)/t6-/m0/s1. The lowest BCUT2D eigenvalue weighted by atomic mass is 10.1. The Labute approximate surface area is 107 Å². The lowest BCUT2D eigenvalue weighted by Gasteiger charge is -2.15. The summed E-state index contributed by atoms with van der Waals surface area (Å²) in [6.45, 7) is 1.70. The van der Waals surface area contributed by atoms with Crippen molar-refractivity contribution < 1.29 is 14.3 Å².